The molecule has 9 heteroatoms. The maximum atomic E-state index is 13.4. The third kappa shape index (κ3) is 4.15. The number of rotatable bonds is 5. The molecular weight excluding hydrogens is 456 g/mol. The van der Waals surface area contributed by atoms with E-state index in [-0.39, 0.29) is 17.4 Å². The van der Waals surface area contributed by atoms with Crippen molar-refractivity contribution in [2.24, 2.45) is 0 Å². The predicted octanol–water partition coefficient (Wildman–Crippen LogP) is 4.86. The monoisotopic (exact) mass is 475 g/mol. The van der Waals surface area contributed by atoms with E-state index < -0.39 is 17.6 Å². The first kappa shape index (κ1) is 22.3. The molecule has 5 rings (SSSR count). The molecule has 1 aliphatic heterocycles. The van der Waals surface area contributed by atoms with Crippen LogP contribution in [0.3, 0.4) is 0 Å². The van der Waals surface area contributed by atoms with Gasteiger partial charge in [-0.2, -0.15) is 5.26 Å². The number of halogens is 2. The zero-order chi connectivity index (χ0) is 24.8. The Morgan fingerprint density at radius 3 is 2.51 bits per heavy atom. The number of nitrogens with zero attached hydrogens (tertiary/aromatic N) is 1. The second kappa shape index (κ2) is 8.09. The highest BCUT2D eigenvalue weighted by Crippen LogP contribution is 2.52. The molecule has 0 radical (unpaired) electrons. The largest absolute Gasteiger partial charge is 0.586 e. The molecule has 3 aromatic rings. The standard InChI is InChI=1S/C26H19F2N3O4/c1-15-5-7-19(13-20(15)16-3-2-4-17(11-16)23(32)30-14-29)31-24(33)25(9-10-25)18-6-8-21-22(12-18)35-26(27,28)34-21/h2-8,11-13H,9-10H2,1H3,(H,30,32)(H,31,33). The molecule has 0 unspecified atom stereocenters. The fourth-order valence-corrected chi connectivity index (χ4v) is 4.23. The van der Waals surface area contributed by atoms with Gasteiger partial charge in [0.2, 0.25) is 5.91 Å². The van der Waals surface area contributed by atoms with E-state index in [0.29, 0.717) is 29.7 Å². The summed E-state index contributed by atoms with van der Waals surface area (Å²) in [6.45, 7) is 1.91. The number of aryl methyl sites for hydroxylation is 1. The van der Waals surface area contributed by atoms with E-state index in [2.05, 4.69) is 20.1 Å². The molecule has 1 heterocycles. The van der Waals surface area contributed by atoms with Gasteiger partial charge in [-0.15, -0.1) is 8.78 Å². The van der Waals surface area contributed by atoms with Crippen molar-refractivity contribution in [1.29, 1.82) is 5.26 Å². The highest BCUT2D eigenvalue weighted by molar-refractivity contribution is 6.02. The predicted molar refractivity (Wildman–Crippen MR) is 122 cm³/mol. The second-order valence-corrected chi connectivity index (χ2v) is 8.54. The van der Waals surface area contributed by atoms with E-state index in [1.807, 2.05) is 25.1 Å². The van der Waals surface area contributed by atoms with Crippen LogP contribution in [-0.2, 0) is 10.2 Å². The van der Waals surface area contributed by atoms with E-state index in [9.17, 15) is 18.4 Å². The molecule has 0 saturated heterocycles. The third-order valence-electron chi connectivity index (χ3n) is 6.24. The summed E-state index contributed by atoms with van der Waals surface area (Å²) < 4.78 is 35.8. The van der Waals surface area contributed by atoms with Crippen molar-refractivity contribution >= 4 is 17.5 Å². The van der Waals surface area contributed by atoms with Crippen LogP contribution >= 0.6 is 0 Å². The van der Waals surface area contributed by atoms with Crippen molar-refractivity contribution < 1.29 is 27.8 Å². The molecule has 2 amide bonds. The summed E-state index contributed by atoms with van der Waals surface area (Å²) in [6, 6.07) is 16.7. The maximum absolute atomic E-state index is 13.4. The minimum Gasteiger partial charge on any atom is -0.395 e. The number of benzene rings is 3. The fourth-order valence-electron chi connectivity index (χ4n) is 4.23. The van der Waals surface area contributed by atoms with Crippen molar-refractivity contribution in [3.05, 3.63) is 77.4 Å². The fraction of sp³-hybridized carbons (Fsp3) is 0.192. The number of alkyl halides is 2. The maximum Gasteiger partial charge on any atom is 0.586 e. The summed E-state index contributed by atoms with van der Waals surface area (Å²) in [6.07, 6.45) is -0.952. The number of ether oxygens (including phenoxy) is 2. The summed E-state index contributed by atoms with van der Waals surface area (Å²) in [5.41, 5.74) is 3.13. The van der Waals surface area contributed by atoms with E-state index >= 15 is 0 Å². The lowest BCUT2D eigenvalue weighted by atomic mass is 9.94. The number of amides is 2. The zero-order valence-electron chi connectivity index (χ0n) is 18.5. The van der Waals surface area contributed by atoms with E-state index in [1.54, 1.807) is 36.5 Å². The quantitative estimate of drug-likeness (QED) is 0.405. The normalized spacial score (nSPS) is 16.2. The number of hydrogen-bond acceptors (Lipinski definition) is 5. The van der Waals surface area contributed by atoms with E-state index in [0.717, 1.165) is 16.7 Å². The summed E-state index contributed by atoms with van der Waals surface area (Å²) >= 11 is 0. The van der Waals surface area contributed by atoms with Crippen LogP contribution in [0.15, 0.2) is 60.7 Å². The molecule has 35 heavy (non-hydrogen) atoms. The molecule has 1 fully saturated rings. The van der Waals surface area contributed by atoms with Gasteiger partial charge in [0.1, 0.15) is 0 Å². The van der Waals surface area contributed by atoms with Crippen LogP contribution in [0, 0.1) is 18.4 Å². The van der Waals surface area contributed by atoms with Gasteiger partial charge in [0, 0.05) is 11.3 Å². The topological polar surface area (TPSA) is 100 Å². The van der Waals surface area contributed by atoms with Gasteiger partial charge in [0.05, 0.1) is 5.41 Å². The molecule has 7 nitrogen and oxygen atoms in total. The average Bonchev–Trinajstić information content (AvgIpc) is 3.57. The molecule has 0 atom stereocenters. The zero-order valence-corrected chi connectivity index (χ0v) is 18.5. The molecular formula is C26H19F2N3O4. The van der Waals surface area contributed by atoms with Gasteiger partial charge < -0.3 is 14.8 Å². The van der Waals surface area contributed by atoms with Gasteiger partial charge in [-0.1, -0.05) is 24.3 Å². The lowest BCUT2D eigenvalue weighted by Gasteiger charge is -2.17. The summed E-state index contributed by atoms with van der Waals surface area (Å²) in [7, 11) is 0. The highest BCUT2D eigenvalue weighted by atomic mass is 19.3. The Morgan fingerprint density at radius 1 is 1.00 bits per heavy atom. The molecule has 2 aliphatic rings. The molecule has 3 aromatic carbocycles. The van der Waals surface area contributed by atoms with Crippen LogP contribution in [-0.4, -0.2) is 18.1 Å². The van der Waals surface area contributed by atoms with Crippen LogP contribution < -0.4 is 20.1 Å². The van der Waals surface area contributed by atoms with E-state index in [4.69, 9.17) is 5.26 Å². The average molecular weight is 475 g/mol. The minimum absolute atomic E-state index is 0.0659. The smallest absolute Gasteiger partial charge is 0.395 e. The number of carbonyl (C=O) groups excluding carboxylic acids is 2. The van der Waals surface area contributed by atoms with Crippen molar-refractivity contribution in [1.82, 2.24) is 5.32 Å². The van der Waals surface area contributed by atoms with Crippen molar-refractivity contribution in [2.75, 3.05) is 5.32 Å². The second-order valence-electron chi connectivity index (χ2n) is 8.54. The first-order chi connectivity index (χ1) is 16.7. The van der Waals surface area contributed by atoms with Gasteiger partial charge in [0.25, 0.3) is 5.91 Å². The van der Waals surface area contributed by atoms with Gasteiger partial charge in [-0.05, 0) is 78.4 Å². The Balaban J connectivity index is 1.39. The summed E-state index contributed by atoms with van der Waals surface area (Å²) in [5, 5.41) is 13.7. The Bertz CT molecular complexity index is 1410. The Hall–Kier alpha value is -4.45. The van der Waals surface area contributed by atoms with Crippen molar-refractivity contribution in [3.8, 4) is 28.8 Å². The number of nitriles is 1. The number of carbonyl (C=O) groups is 2. The molecule has 0 aromatic heterocycles. The van der Waals surface area contributed by atoms with Gasteiger partial charge in [-0.25, -0.2) is 0 Å². The molecule has 1 aliphatic carbocycles. The number of nitrogens with one attached hydrogen (secondary N) is 2. The lowest BCUT2D eigenvalue weighted by Crippen LogP contribution is -2.28. The van der Waals surface area contributed by atoms with Crippen LogP contribution in [0.4, 0.5) is 14.5 Å². The van der Waals surface area contributed by atoms with Gasteiger partial charge >= 0.3 is 6.29 Å². The Labute approximate surface area is 199 Å². The van der Waals surface area contributed by atoms with Gasteiger partial charge in [0.15, 0.2) is 17.7 Å². The Morgan fingerprint density at radius 2 is 1.77 bits per heavy atom. The molecule has 0 spiro atoms. The molecule has 0 bridgehead atoms. The SMILES string of the molecule is Cc1ccc(NC(=O)C2(c3ccc4c(c3)OC(F)(F)O4)CC2)cc1-c1cccc(C(=O)NC#N)c1. The molecule has 176 valence electrons. The summed E-state index contributed by atoms with van der Waals surface area (Å²) in [4.78, 5) is 25.3. The van der Waals surface area contributed by atoms with Crippen LogP contribution in [0.25, 0.3) is 11.1 Å². The summed E-state index contributed by atoms with van der Waals surface area (Å²) in [5.74, 6) is -0.915. The number of fused-ring (bicyclic) bond motifs is 1. The first-order valence-corrected chi connectivity index (χ1v) is 10.8. The van der Waals surface area contributed by atoms with Crippen LogP contribution in [0.5, 0.6) is 11.5 Å². The highest BCUT2D eigenvalue weighted by Gasteiger charge is 2.52. The lowest BCUT2D eigenvalue weighted by molar-refractivity contribution is -0.286. The minimum atomic E-state index is -3.72. The molecule has 2 N–H and O–H groups in total. The third-order valence-corrected chi connectivity index (χ3v) is 6.24. The van der Waals surface area contributed by atoms with E-state index in [1.165, 1.54) is 12.1 Å². The van der Waals surface area contributed by atoms with Crippen LogP contribution in [0.1, 0.15) is 34.3 Å². The van der Waals surface area contributed by atoms with Crippen LogP contribution in [0.2, 0.25) is 0 Å². The van der Waals surface area contributed by atoms with Gasteiger partial charge in [-0.3, -0.25) is 14.9 Å². The molecule has 1 saturated carbocycles. The Kier molecular flexibility index (Phi) is 5.17. The first-order valence-electron chi connectivity index (χ1n) is 10.8. The van der Waals surface area contributed by atoms with Crippen molar-refractivity contribution in [3.63, 3.8) is 0 Å². The number of hydrogen-bond donors (Lipinski definition) is 2. The number of anilines is 1. The van der Waals surface area contributed by atoms with Crippen molar-refractivity contribution in [2.45, 2.75) is 31.5 Å².